The highest BCUT2D eigenvalue weighted by atomic mass is 35.5. The number of halogens is 1. The lowest BCUT2D eigenvalue weighted by atomic mass is 9.72. The van der Waals surface area contributed by atoms with Crippen molar-refractivity contribution in [2.75, 3.05) is 75.9 Å². The molecule has 364 valence electrons. The molecule has 0 spiro atoms. The zero-order chi connectivity index (χ0) is 48.0. The second-order valence-electron chi connectivity index (χ2n) is 19.8. The van der Waals surface area contributed by atoms with Gasteiger partial charge in [0.25, 0.3) is 15.9 Å². The second-order valence-corrected chi connectivity index (χ2v) is 22.0. The number of H-pyrrole nitrogens is 1. The number of nitrogens with one attached hydrogen (secondary N) is 2. The molecule has 10 rings (SSSR count). The predicted molar refractivity (Wildman–Crippen MR) is 266 cm³/mol. The Bertz CT molecular complexity index is 2890. The number of likely N-dealkylation sites (N-methyl/N-ethyl adjacent to an activating group) is 1. The zero-order valence-electron chi connectivity index (χ0n) is 39.3. The highest BCUT2D eigenvalue weighted by molar-refractivity contribution is 7.90. The van der Waals surface area contributed by atoms with Crippen LogP contribution in [0.15, 0.2) is 89.5 Å². The van der Waals surface area contributed by atoms with Gasteiger partial charge in [-0.1, -0.05) is 43.2 Å². The van der Waals surface area contributed by atoms with E-state index in [0.29, 0.717) is 54.4 Å². The molecule has 3 aliphatic heterocycles. The number of anilines is 3. The van der Waals surface area contributed by atoms with Crippen molar-refractivity contribution in [2.24, 2.45) is 5.41 Å². The highest BCUT2D eigenvalue weighted by Gasteiger charge is 2.35. The number of fused-ring (bicyclic) bond motifs is 2. The van der Waals surface area contributed by atoms with E-state index in [1.807, 2.05) is 41.3 Å². The number of sulfonamides is 1. The Kier molecular flexibility index (Phi) is 13.1. The number of hydrogen-bond donors (Lipinski definition) is 2. The maximum atomic E-state index is 14.4. The van der Waals surface area contributed by atoms with Gasteiger partial charge in [0, 0.05) is 67.1 Å². The smallest absolute Gasteiger partial charge is 0.312 e. The van der Waals surface area contributed by atoms with Crippen molar-refractivity contribution in [3.63, 3.8) is 0 Å². The Morgan fingerprint density at radius 1 is 0.971 bits per heavy atom. The van der Waals surface area contributed by atoms with Crippen molar-refractivity contribution in [1.82, 2.24) is 24.5 Å². The number of nitrogens with zero attached hydrogens (tertiary/aromatic N) is 6. The molecule has 5 aromatic rings. The molecule has 2 saturated heterocycles. The number of aromatic nitrogens is 2. The standard InChI is InChI=1S/C51H59ClN8O8S/c1-51(2)18-16-35(43(29-51)33-4-6-36(52)7-5-33)30-57-20-22-58(23-21-57)38-10-14-42(44(27-38)59-24-25-67-50-46(59)26-34-17-19-53-48(34)54-50)49(61)55-69(64,65)41-13-15-47(45(28-41)60(62)63)68-40-11-8-37(9-12-40)56(3)39-31-66-32-39/h4-7,10,13-15,17,19,26-28,37,39-40H,8-9,11-12,16,18,20-25,29-32H2,1-3H3,(H,53,54)(H,55,61). The molecule has 16 nitrogen and oxygen atoms in total. The monoisotopic (exact) mass is 978 g/mol. The molecule has 0 atom stereocenters. The fraction of sp³-hybridized carbons (Fsp3) is 0.451. The first-order valence-electron chi connectivity index (χ1n) is 24.0. The van der Waals surface area contributed by atoms with Gasteiger partial charge in [-0.05, 0) is 123 Å². The molecule has 5 heterocycles. The summed E-state index contributed by atoms with van der Waals surface area (Å²) < 4.78 is 47.8. The third-order valence-electron chi connectivity index (χ3n) is 14.7. The molecule has 0 unspecified atom stereocenters. The molecular formula is C51H59ClN8O8S. The quantitative estimate of drug-likeness (QED) is 0.0849. The summed E-state index contributed by atoms with van der Waals surface area (Å²) in [7, 11) is -2.50. The number of rotatable bonds is 13. The van der Waals surface area contributed by atoms with E-state index in [2.05, 4.69) is 57.4 Å². The maximum Gasteiger partial charge on any atom is 0.312 e. The van der Waals surface area contributed by atoms with Gasteiger partial charge < -0.3 is 29.0 Å². The number of amides is 1. The van der Waals surface area contributed by atoms with Crippen molar-refractivity contribution >= 4 is 66.9 Å². The van der Waals surface area contributed by atoms with Crippen molar-refractivity contribution < 1.29 is 32.3 Å². The van der Waals surface area contributed by atoms with Crippen LogP contribution in [0.2, 0.25) is 5.02 Å². The SMILES string of the molecule is CN(C1CCC(Oc2ccc(S(=O)(=O)NC(=O)c3ccc(N4CCN(CC5=C(c6ccc(Cl)cc6)CC(C)(C)CC5)CC4)cc3N3CCOc4nc5[nH]ccc5cc43)cc2[N+](=O)[O-])CC1)C1COC1. The van der Waals surface area contributed by atoms with E-state index in [1.165, 1.54) is 28.8 Å². The molecule has 5 aliphatic rings. The molecule has 69 heavy (non-hydrogen) atoms. The summed E-state index contributed by atoms with van der Waals surface area (Å²) in [4.78, 5) is 42.6. The summed E-state index contributed by atoms with van der Waals surface area (Å²) in [6, 6.07) is 21.8. The Morgan fingerprint density at radius 3 is 2.46 bits per heavy atom. The first kappa shape index (κ1) is 47.0. The van der Waals surface area contributed by atoms with Gasteiger partial charge in [0.15, 0.2) is 5.75 Å². The number of benzene rings is 3. The van der Waals surface area contributed by atoms with Crippen molar-refractivity contribution in [3.8, 4) is 11.6 Å². The minimum absolute atomic E-state index is 0.0119. The molecule has 2 N–H and O–H groups in total. The molecule has 0 radical (unpaired) electrons. The summed E-state index contributed by atoms with van der Waals surface area (Å²) in [6.07, 6.45) is 7.89. The van der Waals surface area contributed by atoms with Crippen LogP contribution in [-0.4, -0.2) is 123 Å². The fourth-order valence-electron chi connectivity index (χ4n) is 10.5. The van der Waals surface area contributed by atoms with E-state index < -0.39 is 31.4 Å². The molecule has 3 fully saturated rings. The Labute approximate surface area is 407 Å². The van der Waals surface area contributed by atoms with Crippen LogP contribution < -0.4 is 24.0 Å². The lowest BCUT2D eigenvalue weighted by molar-refractivity contribution is -0.386. The van der Waals surface area contributed by atoms with Crippen molar-refractivity contribution in [1.29, 1.82) is 0 Å². The first-order valence-corrected chi connectivity index (χ1v) is 25.8. The number of carbonyl (C=O) groups excluding carboxylic acids is 1. The normalized spacial score (nSPS) is 21.2. The lowest BCUT2D eigenvalue weighted by Gasteiger charge is -2.42. The average Bonchev–Trinajstić information content (AvgIpc) is 3.78. The Hall–Kier alpha value is -5.72. The Morgan fingerprint density at radius 2 is 1.74 bits per heavy atom. The van der Waals surface area contributed by atoms with E-state index in [-0.39, 0.29) is 29.4 Å². The summed E-state index contributed by atoms with van der Waals surface area (Å²) in [5.74, 6) is -0.517. The van der Waals surface area contributed by atoms with Crippen LogP contribution in [0.3, 0.4) is 0 Å². The van der Waals surface area contributed by atoms with Gasteiger partial charge in [-0.2, -0.15) is 4.98 Å². The third-order valence-corrected chi connectivity index (χ3v) is 16.3. The minimum Gasteiger partial charge on any atom is -0.484 e. The van der Waals surface area contributed by atoms with Crippen molar-refractivity contribution in [3.05, 3.63) is 111 Å². The third kappa shape index (κ3) is 10.0. The molecule has 1 saturated carbocycles. The van der Waals surface area contributed by atoms with E-state index in [0.717, 1.165) is 100 Å². The number of nitro groups is 1. The topological polar surface area (TPSA) is 176 Å². The van der Waals surface area contributed by atoms with Crippen LogP contribution in [0.4, 0.5) is 22.7 Å². The molecule has 3 aromatic carbocycles. The summed E-state index contributed by atoms with van der Waals surface area (Å²) in [5, 5.41) is 14.0. The molecular weight excluding hydrogens is 920 g/mol. The highest BCUT2D eigenvalue weighted by Crippen LogP contribution is 2.44. The summed E-state index contributed by atoms with van der Waals surface area (Å²) >= 11 is 6.28. The van der Waals surface area contributed by atoms with Crippen LogP contribution in [0.25, 0.3) is 16.6 Å². The zero-order valence-corrected chi connectivity index (χ0v) is 40.9. The van der Waals surface area contributed by atoms with Crippen LogP contribution in [-0.2, 0) is 14.8 Å². The number of hydrogen-bond acceptors (Lipinski definition) is 13. The largest absolute Gasteiger partial charge is 0.484 e. The van der Waals surface area contributed by atoms with E-state index in [4.69, 9.17) is 30.8 Å². The van der Waals surface area contributed by atoms with E-state index in [1.54, 1.807) is 12.3 Å². The number of carbonyl (C=O) groups is 1. The van der Waals surface area contributed by atoms with Crippen LogP contribution in [0, 0.1) is 15.5 Å². The van der Waals surface area contributed by atoms with Crippen LogP contribution >= 0.6 is 11.6 Å². The predicted octanol–water partition coefficient (Wildman–Crippen LogP) is 8.58. The molecule has 18 heteroatoms. The van der Waals surface area contributed by atoms with Crippen LogP contribution in [0.1, 0.15) is 74.7 Å². The fourth-order valence-corrected chi connectivity index (χ4v) is 11.6. The van der Waals surface area contributed by atoms with Gasteiger partial charge in [-0.25, -0.2) is 13.1 Å². The van der Waals surface area contributed by atoms with Gasteiger partial charge in [0.2, 0.25) is 5.88 Å². The molecule has 1 amide bonds. The van der Waals surface area contributed by atoms with E-state index >= 15 is 0 Å². The molecule has 2 aromatic heterocycles. The molecule has 0 bridgehead atoms. The van der Waals surface area contributed by atoms with Gasteiger partial charge in [0.05, 0.1) is 53.0 Å². The minimum atomic E-state index is -4.60. The second kappa shape index (κ2) is 19.2. The lowest BCUT2D eigenvalue weighted by Crippen LogP contribution is -2.52. The summed E-state index contributed by atoms with van der Waals surface area (Å²) in [5.41, 5.74) is 6.60. The number of allylic oxidation sites excluding steroid dienone is 1. The Balaban J connectivity index is 0.883. The van der Waals surface area contributed by atoms with Crippen LogP contribution in [0.5, 0.6) is 11.6 Å². The molecule has 2 aliphatic carbocycles. The van der Waals surface area contributed by atoms with Gasteiger partial charge in [-0.3, -0.25) is 24.7 Å². The van der Waals surface area contributed by atoms with Crippen molar-refractivity contribution in [2.45, 2.75) is 81.9 Å². The summed E-state index contributed by atoms with van der Waals surface area (Å²) in [6.45, 7) is 10.8. The van der Waals surface area contributed by atoms with E-state index in [9.17, 15) is 23.3 Å². The van der Waals surface area contributed by atoms with Gasteiger partial charge in [0.1, 0.15) is 17.9 Å². The maximum absolute atomic E-state index is 14.4. The number of ether oxygens (including phenoxy) is 3. The first-order chi connectivity index (χ1) is 33.2. The van der Waals surface area contributed by atoms with Gasteiger partial charge in [-0.15, -0.1) is 0 Å². The van der Waals surface area contributed by atoms with Gasteiger partial charge >= 0.3 is 5.69 Å². The number of pyridine rings is 1. The average molecular weight is 980 g/mol. The number of nitro benzene ring substituents is 1. The number of piperazine rings is 1. The number of aromatic amines is 1.